The second-order valence-corrected chi connectivity index (χ2v) is 24.5. The molecule has 0 aromatic heterocycles. The Bertz CT molecular complexity index is 1840. The molecule has 4 saturated carbocycles. The van der Waals surface area contributed by atoms with Crippen LogP contribution in [0.1, 0.15) is 156 Å². The highest BCUT2D eigenvalue weighted by molar-refractivity contribution is 5.26. The van der Waals surface area contributed by atoms with Gasteiger partial charge in [0.15, 0.2) is 0 Å². The number of fused-ring (bicyclic) bond motifs is 9. The third kappa shape index (κ3) is 7.34. The van der Waals surface area contributed by atoms with Crippen LogP contribution in [0, 0.1) is 88.3 Å². The van der Waals surface area contributed by atoms with Gasteiger partial charge in [0.05, 0.1) is 36.2 Å². The summed E-state index contributed by atoms with van der Waals surface area (Å²) in [6, 6.07) is 6.04. The second kappa shape index (κ2) is 17.3. The van der Waals surface area contributed by atoms with Gasteiger partial charge in [-0.1, -0.05) is 82.4 Å². The van der Waals surface area contributed by atoms with Gasteiger partial charge in [-0.3, -0.25) is 25.8 Å². The fourth-order valence-electron chi connectivity index (χ4n) is 18.7. The van der Waals surface area contributed by atoms with Crippen molar-refractivity contribution in [2.45, 2.75) is 217 Å². The molecule has 22 atom stereocenters. The van der Waals surface area contributed by atoms with Gasteiger partial charge in [0.2, 0.25) is 0 Å². The fourth-order valence-corrected chi connectivity index (χ4v) is 18.7. The molecule has 8 aliphatic carbocycles. The summed E-state index contributed by atoms with van der Waals surface area (Å²) in [5.74, 6) is 9.21. The molecule has 7 nitrogen and oxygen atoms in total. The predicted octanol–water partition coefficient (Wildman–Crippen LogP) is 10.4. The molecular weight excluding hydrogens is 773 g/mol. The number of hydrogen-bond acceptors (Lipinski definition) is 7. The zero-order valence-electron chi connectivity index (χ0n) is 39.6. The van der Waals surface area contributed by atoms with Gasteiger partial charge in [-0.05, 0) is 163 Å². The zero-order chi connectivity index (χ0) is 42.5. The van der Waals surface area contributed by atoms with E-state index in [0.717, 1.165) is 36.5 Å². The molecule has 3 N–H and O–H groups in total. The molecule has 344 valence electrons. The summed E-state index contributed by atoms with van der Waals surface area (Å²) in [5.41, 5.74) is 1.66. The van der Waals surface area contributed by atoms with Crippen LogP contribution in [-0.2, 0) is 4.74 Å². The maximum absolute atomic E-state index is 11.6. The minimum atomic E-state index is 0.0331. The molecule has 0 amide bonds. The lowest BCUT2D eigenvalue weighted by Crippen LogP contribution is -2.75. The number of allylic oxidation sites excluding steroid dienone is 4. The second-order valence-electron chi connectivity index (χ2n) is 24.5. The normalized spacial score (nSPS) is 52.2. The van der Waals surface area contributed by atoms with Crippen LogP contribution in [0.25, 0.3) is 0 Å². The number of hydrogen-bond donors (Lipinski definition) is 3. The Balaban J connectivity index is 0.937. The van der Waals surface area contributed by atoms with Crippen molar-refractivity contribution in [3.05, 3.63) is 47.8 Å². The molecule has 0 bridgehead atoms. The standard InChI is InChI=1S/C56H84N6O/c1-32-24-34(3)52-43(26-32)44-27-33(2)25-35(4)53(44)62(52)49-30-48(61-46-19-11-8-16-39(46)40-17-9-12-20-47(40)61)38(31-57)28-45(49)56-59-54(36-14-6-5-7-15-36)58-55(60-56)37-22-23-42-41-18-10-13-21-50(41)63-51(42)29-37/h8,12,16,20,24,29,32-33,35-50,52-56,58-60H,5-7,9-11,13-15,17-19,21-23,25-28,30H2,1-4H3. The molecule has 0 radical (unpaired) electrons. The highest BCUT2D eigenvalue weighted by atomic mass is 16.5. The van der Waals surface area contributed by atoms with Crippen LogP contribution < -0.4 is 16.0 Å². The molecule has 7 heteroatoms. The molecule has 63 heavy (non-hydrogen) atoms. The van der Waals surface area contributed by atoms with Crippen LogP contribution in [0.15, 0.2) is 47.8 Å². The van der Waals surface area contributed by atoms with Crippen molar-refractivity contribution in [3.63, 3.8) is 0 Å². The fraction of sp³-hybridized carbons (Fsp3) is 0.839. The van der Waals surface area contributed by atoms with Crippen molar-refractivity contribution in [1.82, 2.24) is 25.8 Å². The maximum atomic E-state index is 11.6. The molecule has 12 rings (SSSR count). The highest BCUT2D eigenvalue weighted by Gasteiger charge is 2.61. The average molecular weight is 857 g/mol. The Morgan fingerprint density at radius 1 is 0.651 bits per heavy atom. The Kier molecular flexibility index (Phi) is 11.6. The molecule has 8 fully saturated rings. The van der Waals surface area contributed by atoms with E-state index in [1.807, 2.05) is 0 Å². The van der Waals surface area contributed by atoms with E-state index in [9.17, 15) is 5.26 Å². The molecule has 12 aliphatic rings. The van der Waals surface area contributed by atoms with Crippen LogP contribution in [0.3, 0.4) is 0 Å². The van der Waals surface area contributed by atoms with Crippen molar-refractivity contribution in [3.8, 4) is 6.07 Å². The predicted molar refractivity (Wildman–Crippen MR) is 253 cm³/mol. The number of rotatable bonds is 5. The maximum Gasteiger partial charge on any atom is 0.102 e. The van der Waals surface area contributed by atoms with E-state index in [4.69, 9.17) is 4.74 Å². The summed E-state index contributed by atoms with van der Waals surface area (Å²) in [4.78, 5) is 6.28. The first-order valence-corrected chi connectivity index (χ1v) is 27.5. The monoisotopic (exact) mass is 857 g/mol. The van der Waals surface area contributed by atoms with E-state index in [1.54, 1.807) is 5.57 Å². The first kappa shape index (κ1) is 42.4. The number of nitriles is 1. The van der Waals surface area contributed by atoms with Gasteiger partial charge in [-0.15, -0.1) is 0 Å². The van der Waals surface area contributed by atoms with E-state index in [1.165, 1.54) is 121 Å². The van der Waals surface area contributed by atoms with Crippen LogP contribution >= 0.6 is 0 Å². The van der Waals surface area contributed by atoms with Crippen LogP contribution in [0.4, 0.5) is 0 Å². The first-order valence-electron chi connectivity index (χ1n) is 27.5. The SMILES string of the molecule is CC1=CC(C)CC2C3CC(C)CC(C)C3N(C3CC(N4C5C=CCCC5C5C=CCCC54)C(C#N)CC3C3NC(C4C=C5OC6CCCCC6C5CC4)NC(C4CCCCC4)N3)C12. The number of likely N-dealkylation sites (tertiary alicyclic amines) is 2. The van der Waals surface area contributed by atoms with Gasteiger partial charge in [-0.25, -0.2) is 0 Å². The highest BCUT2D eigenvalue weighted by Crippen LogP contribution is 2.58. The van der Waals surface area contributed by atoms with Crippen molar-refractivity contribution in [2.75, 3.05) is 0 Å². The van der Waals surface area contributed by atoms with Gasteiger partial charge in [-0.2, -0.15) is 5.26 Å². The van der Waals surface area contributed by atoms with E-state index in [-0.39, 0.29) is 18.2 Å². The summed E-state index contributed by atoms with van der Waals surface area (Å²) in [5, 5.41) is 24.8. The molecular formula is C56H84N6O. The molecule has 4 aliphatic heterocycles. The zero-order valence-corrected chi connectivity index (χ0v) is 39.6. The van der Waals surface area contributed by atoms with E-state index in [0.29, 0.717) is 95.9 Å². The average Bonchev–Trinajstić information content (AvgIpc) is 3.96. The van der Waals surface area contributed by atoms with E-state index >= 15 is 0 Å². The topological polar surface area (TPSA) is 75.6 Å². The van der Waals surface area contributed by atoms with Crippen molar-refractivity contribution in [2.24, 2.45) is 76.9 Å². The van der Waals surface area contributed by atoms with Crippen molar-refractivity contribution >= 4 is 0 Å². The van der Waals surface area contributed by atoms with Crippen molar-refractivity contribution in [1.29, 1.82) is 5.26 Å². The Morgan fingerprint density at radius 3 is 2.32 bits per heavy atom. The van der Waals surface area contributed by atoms with Crippen LogP contribution in [0.2, 0.25) is 0 Å². The number of nitrogens with zero attached hydrogens (tertiary/aromatic N) is 3. The number of nitrogens with one attached hydrogen (secondary N) is 3. The largest absolute Gasteiger partial charge is 0.494 e. The minimum Gasteiger partial charge on any atom is -0.494 e. The Labute approximate surface area is 382 Å². The molecule has 4 saturated heterocycles. The van der Waals surface area contributed by atoms with Gasteiger partial charge in [0.1, 0.15) is 6.10 Å². The van der Waals surface area contributed by atoms with Crippen molar-refractivity contribution < 1.29 is 4.74 Å². The summed E-state index contributed by atoms with van der Waals surface area (Å²) >= 11 is 0. The molecule has 0 aromatic rings. The summed E-state index contributed by atoms with van der Waals surface area (Å²) in [6.07, 6.45) is 42.4. The smallest absolute Gasteiger partial charge is 0.102 e. The Hall–Kier alpha value is -1.95. The quantitative estimate of drug-likeness (QED) is 0.238. The third-order valence-corrected chi connectivity index (χ3v) is 20.9. The summed E-state index contributed by atoms with van der Waals surface area (Å²) < 4.78 is 6.89. The molecule has 0 spiro atoms. The van der Waals surface area contributed by atoms with Gasteiger partial charge in [0, 0.05) is 59.9 Å². The molecule has 22 unspecified atom stereocenters. The van der Waals surface area contributed by atoms with Crippen LogP contribution in [0.5, 0.6) is 0 Å². The molecule has 0 aromatic carbocycles. The lowest BCUT2D eigenvalue weighted by Gasteiger charge is -2.56. The van der Waals surface area contributed by atoms with Gasteiger partial charge < -0.3 is 4.74 Å². The summed E-state index contributed by atoms with van der Waals surface area (Å²) in [7, 11) is 0. The third-order valence-electron chi connectivity index (χ3n) is 20.9. The lowest BCUT2D eigenvalue weighted by molar-refractivity contribution is -0.0515. The summed E-state index contributed by atoms with van der Waals surface area (Å²) in [6.45, 7) is 10.2. The van der Waals surface area contributed by atoms with Gasteiger partial charge >= 0.3 is 0 Å². The minimum absolute atomic E-state index is 0.0331. The van der Waals surface area contributed by atoms with Crippen LogP contribution in [-0.4, -0.2) is 70.7 Å². The van der Waals surface area contributed by atoms with Gasteiger partial charge in [0.25, 0.3) is 0 Å². The van der Waals surface area contributed by atoms with E-state index < -0.39 is 0 Å². The number of ether oxygens (including phenoxy) is 1. The van der Waals surface area contributed by atoms with E-state index in [2.05, 4.69) is 96.0 Å². The molecule has 4 heterocycles. The Morgan fingerprint density at radius 2 is 1.44 bits per heavy atom. The first-order chi connectivity index (χ1) is 30.8. The lowest BCUT2D eigenvalue weighted by atomic mass is 9.66.